The summed E-state index contributed by atoms with van der Waals surface area (Å²) in [7, 11) is 0. The lowest BCUT2D eigenvalue weighted by molar-refractivity contribution is -0.161. The molecule has 0 aliphatic carbocycles. The summed E-state index contributed by atoms with van der Waals surface area (Å²) >= 11 is 0. The van der Waals surface area contributed by atoms with Crippen molar-refractivity contribution in [1.29, 1.82) is 0 Å². The molecule has 0 bridgehead atoms. The standard InChI is InChI=1S/C42H80O5/c1-3-5-7-9-11-13-15-17-19-21-23-25-27-29-31-33-35-37-42(45)47-40(38-43)39-46-41(44)36-34-32-30-28-26-24-22-20-18-16-14-12-10-8-6-4-2/h17,19,40,43H,3-16,18,20-39H2,1-2H3/b19-17+/t40-/m0/s1. The molecule has 0 fully saturated rings. The van der Waals surface area contributed by atoms with Gasteiger partial charge in [-0.2, -0.15) is 0 Å². The number of aliphatic hydroxyl groups is 1. The summed E-state index contributed by atoms with van der Waals surface area (Å²) < 4.78 is 10.6. The van der Waals surface area contributed by atoms with Gasteiger partial charge >= 0.3 is 11.9 Å². The second-order valence-corrected chi connectivity index (χ2v) is 14.1. The van der Waals surface area contributed by atoms with Crippen LogP contribution in [0.3, 0.4) is 0 Å². The Morgan fingerprint density at radius 2 is 0.787 bits per heavy atom. The molecular formula is C42H80O5. The van der Waals surface area contributed by atoms with E-state index >= 15 is 0 Å². The van der Waals surface area contributed by atoms with Crippen LogP contribution >= 0.6 is 0 Å². The van der Waals surface area contributed by atoms with Gasteiger partial charge in [0.1, 0.15) is 6.61 Å². The number of allylic oxidation sites excluding steroid dienone is 2. The van der Waals surface area contributed by atoms with Crippen LogP contribution in [0.4, 0.5) is 0 Å². The topological polar surface area (TPSA) is 72.8 Å². The number of carbonyl (C=O) groups is 2. The van der Waals surface area contributed by atoms with Crippen LogP contribution in [0.2, 0.25) is 0 Å². The average Bonchev–Trinajstić information content (AvgIpc) is 3.07. The summed E-state index contributed by atoms with van der Waals surface area (Å²) in [5.41, 5.74) is 0. The highest BCUT2D eigenvalue weighted by Crippen LogP contribution is 2.15. The van der Waals surface area contributed by atoms with Gasteiger partial charge in [-0.1, -0.05) is 187 Å². The molecule has 5 heteroatoms. The molecule has 0 spiro atoms. The number of rotatable bonds is 38. The predicted octanol–water partition coefficient (Wildman–Crippen LogP) is 12.9. The van der Waals surface area contributed by atoms with Crippen molar-refractivity contribution < 1.29 is 24.2 Å². The Kier molecular flexibility index (Phi) is 38.0. The summed E-state index contributed by atoms with van der Waals surface area (Å²) in [4.78, 5) is 24.3. The zero-order valence-electron chi connectivity index (χ0n) is 31.6. The van der Waals surface area contributed by atoms with E-state index in [2.05, 4.69) is 26.0 Å². The molecule has 0 aliphatic heterocycles. The van der Waals surface area contributed by atoms with E-state index < -0.39 is 6.10 Å². The Morgan fingerprint density at radius 3 is 1.15 bits per heavy atom. The molecule has 0 aromatic heterocycles. The SMILES string of the molecule is CCCCCCCC/C=C/CCCCCCCCCC(=O)O[C@@H](CO)COC(=O)CCCCCCCCCCCCCCCCCC. The highest BCUT2D eigenvalue weighted by atomic mass is 16.6. The van der Waals surface area contributed by atoms with E-state index in [0.29, 0.717) is 12.8 Å². The van der Waals surface area contributed by atoms with Crippen LogP contribution in [0.15, 0.2) is 12.2 Å². The Morgan fingerprint density at radius 1 is 0.468 bits per heavy atom. The number of esters is 2. The highest BCUT2D eigenvalue weighted by molar-refractivity contribution is 5.70. The number of hydrogen-bond acceptors (Lipinski definition) is 5. The zero-order valence-corrected chi connectivity index (χ0v) is 31.6. The monoisotopic (exact) mass is 665 g/mol. The first-order valence-corrected chi connectivity index (χ1v) is 20.7. The maximum Gasteiger partial charge on any atom is 0.306 e. The first-order valence-electron chi connectivity index (χ1n) is 20.7. The van der Waals surface area contributed by atoms with Crippen LogP contribution in [0.1, 0.15) is 226 Å². The van der Waals surface area contributed by atoms with Crippen LogP contribution in [-0.4, -0.2) is 36.4 Å². The molecule has 0 unspecified atom stereocenters. The molecule has 278 valence electrons. The molecule has 47 heavy (non-hydrogen) atoms. The third kappa shape index (κ3) is 37.3. The lowest BCUT2D eigenvalue weighted by Crippen LogP contribution is -2.28. The van der Waals surface area contributed by atoms with Crippen molar-refractivity contribution in [2.24, 2.45) is 0 Å². The number of unbranched alkanes of at least 4 members (excludes halogenated alkanes) is 28. The molecule has 0 amide bonds. The third-order valence-electron chi connectivity index (χ3n) is 9.31. The van der Waals surface area contributed by atoms with E-state index in [-0.39, 0.29) is 25.2 Å². The van der Waals surface area contributed by atoms with E-state index in [0.717, 1.165) is 32.1 Å². The quantitative estimate of drug-likeness (QED) is 0.0404. The molecule has 1 N–H and O–H groups in total. The Labute approximate surface area is 292 Å². The molecule has 5 nitrogen and oxygen atoms in total. The number of hydrogen-bond donors (Lipinski definition) is 1. The molecule has 0 aromatic carbocycles. The van der Waals surface area contributed by atoms with Crippen molar-refractivity contribution in [3.8, 4) is 0 Å². The van der Waals surface area contributed by atoms with Crippen LogP contribution < -0.4 is 0 Å². The van der Waals surface area contributed by atoms with E-state index in [1.54, 1.807) is 0 Å². The summed E-state index contributed by atoms with van der Waals surface area (Å²) in [5, 5.41) is 9.56. The molecule has 0 saturated heterocycles. The molecule has 1 atom stereocenters. The smallest absolute Gasteiger partial charge is 0.306 e. The lowest BCUT2D eigenvalue weighted by Gasteiger charge is -2.15. The van der Waals surface area contributed by atoms with Crippen molar-refractivity contribution in [3.05, 3.63) is 12.2 Å². The minimum atomic E-state index is -0.767. The highest BCUT2D eigenvalue weighted by Gasteiger charge is 2.16. The van der Waals surface area contributed by atoms with Gasteiger partial charge in [-0.3, -0.25) is 9.59 Å². The van der Waals surface area contributed by atoms with Gasteiger partial charge in [0.05, 0.1) is 6.61 Å². The molecule has 0 aliphatic rings. The van der Waals surface area contributed by atoms with E-state index in [1.807, 2.05) is 0 Å². The van der Waals surface area contributed by atoms with Crippen LogP contribution in [0.25, 0.3) is 0 Å². The molecule has 0 radical (unpaired) electrons. The van der Waals surface area contributed by atoms with Crippen molar-refractivity contribution in [2.45, 2.75) is 232 Å². The maximum atomic E-state index is 12.2. The van der Waals surface area contributed by atoms with Crippen molar-refractivity contribution >= 4 is 11.9 Å². The molecule has 0 heterocycles. The first-order chi connectivity index (χ1) is 23.1. The zero-order chi connectivity index (χ0) is 34.3. The Balaban J connectivity index is 3.51. The van der Waals surface area contributed by atoms with Gasteiger partial charge in [0.2, 0.25) is 0 Å². The third-order valence-corrected chi connectivity index (χ3v) is 9.31. The Hall–Kier alpha value is -1.36. The minimum absolute atomic E-state index is 0.0613. The van der Waals surface area contributed by atoms with Crippen molar-refractivity contribution in [1.82, 2.24) is 0 Å². The second-order valence-electron chi connectivity index (χ2n) is 14.1. The van der Waals surface area contributed by atoms with Crippen molar-refractivity contribution in [2.75, 3.05) is 13.2 Å². The summed E-state index contributed by atoms with van der Waals surface area (Å²) in [5.74, 6) is -0.584. The summed E-state index contributed by atoms with van der Waals surface area (Å²) in [6, 6.07) is 0. The predicted molar refractivity (Wildman–Crippen MR) is 201 cm³/mol. The average molecular weight is 665 g/mol. The van der Waals surface area contributed by atoms with Gasteiger partial charge in [0.25, 0.3) is 0 Å². The lowest BCUT2D eigenvalue weighted by atomic mass is 10.0. The fourth-order valence-electron chi connectivity index (χ4n) is 6.14. The fourth-order valence-corrected chi connectivity index (χ4v) is 6.14. The number of carbonyl (C=O) groups excluding carboxylic acids is 2. The van der Waals surface area contributed by atoms with Gasteiger partial charge in [-0.05, 0) is 38.5 Å². The normalized spacial score (nSPS) is 12.1. The first kappa shape index (κ1) is 45.6. The minimum Gasteiger partial charge on any atom is -0.462 e. The summed E-state index contributed by atoms with van der Waals surface area (Å²) in [6.07, 6.45) is 44.1. The summed E-state index contributed by atoms with van der Waals surface area (Å²) in [6.45, 7) is 4.15. The second kappa shape index (κ2) is 39.1. The van der Waals surface area contributed by atoms with E-state index in [1.165, 1.54) is 167 Å². The Bertz CT molecular complexity index is 676. The van der Waals surface area contributed by atoms with Gasteiger partial charge in [0.15, 0.2) is 6.10 Å². The van der Waals surface area contributed by atoms with Crippen molar-refractivity contribution in [3.63, 3.8) is 0 Å². The van der Waals surface area contributed by atoms with Gasteiger partial charge in [-0.25, -0.2) is 0 Å². The molecule has 0 aromatic rings. The van der Waals surface area contributed by atoms with E-state index in [4.69, 9.17) is 9.47 Å². The van der Waals surface area contributed by atoms with Crippen LogP contribution in [-0.2, 0) is 19.1 Å². The fraction of sp³-hybridized carbons (Fsp3) is 0.905. The van der Waals surface area contributed by atoms with Gasteiger partial charge in [0, 0.05) is 12.8 Å². The number of aliphatic hydroxyl groups excluding tert-OH is 1. The maximum absolute atomic E-state index is 12.2. The van der Waals surface area contributed by atoms with Crippen LogP contribution in [0.5, 0.6) is 0 Å². The largest absolute Gasteiger partial charge is 0.462 e. The van der Waals surface area contributed by atoms with E-state index in [9.17, 15) is 14.7 Å². The molecule has 0 rings (SSSR count). The van der Waals surface area contributed by atoms with Crippen LogP contribution in [0, 0.1) is 0 Å². The van der Waals surface area contributed by atoms with Gasteiger partial charge < -0.3 is 14.6 Å². The van der Waals surface area contributed by atoms with Gasteiger partial charge in [-0.15, -0.1) is 0 Å². The molecule has 0 saturated carbocycles. The molecular weight excluding hydrogens is 584 g/mol. The number of ether oxygens (including phenoxy) is 2.